The molecule has 0 heterocycles. The Morgan fingerprint density at radius 3 is 2.56 bits per heavy atom. The van der Waals surface area contributed by atoms with Gasteiger partial charge in [0.25, 0.3) is 17.7 Å². The number of anilines is 1. The van der Waals surface area contributed by atoms with Crippen LogP contribution in [-0.4, -0.2) is 31.4 Å². The van der Waals surface area contributed by atoms with Crippen LogP contribution in [0.25, 0.3) is 0 Å². The standard InChI is InChI=1S/C18H19N3O4/c1-11-6-7-14(17(19)23)15(8-11)25-10-16(22)21-13-5-3-4-12(9-13)18(24)20-2/h3-9H,10H2,1-2H3,(H2,19,23)(H,20,24)(H,21,22). The van der Waals surface area contributed by atoms with E-state index >= 15 is 0 Å². The predicted octanol–water partition coefficient (Wildman–Crippen LogP) is 1.47. The summed E-state index contributed by atoms with van der Waals surface area (Å²) in [6.07, 6.45) is 0. The molecule has 7 heteroatoms. The number of hydrogen-bond acceptors (Lipinski definition) is 4. The fourth-order valence-electron chi connectivity index (χ4n) is 2.18. The van der Waals surface area contributed by atoms with Gasteiger partial charge >= 0.3 is 0 Å². The number of rotatable bonds is 6. The van der Waals surface area contributed by atoms with Crippen molar-refractivity contribution in [2.75, 3.05) is 19.0 Å². The smallest absolute Gasteiger partial charge is 0.262 e. The van der Waals surface area contributed by atoms with Crippen molar-refractivity contribution >= 4 is 23.4 Å². The van der Waals surface area contributed by atoms with Crippen molar-refractivity contribution in [2.45, 2.75) is 6.92 Å². The zero-order valence-electron chi connectivity index (χ0n) is 14.0. The van der Waals surface area contributed by atoms with E-state index in [1.54, 1.807) is 42.5 Å². The van der Waals surface area contributed by atoms with Crippen LogP contribution in [-0.2, 0) is 4.79 Å². The highest BCUT2D eigenvalue weighted by molar-refractivity contribution is 5.98. The van der Waals surface area contributed by atoms with Gasteiger partial charge in [0, 0.05) is 18.3 Å². The Kier molecular flexibility index (Phi) is 5.73. The molecule has 130 valence electrons. The number of ether oxygens (including phenoxy) is 1. The number of amides is 3. The number of carbonyl (C=O) groups excluding carboxylic acids is 3. The Morgan fingerprint density at radius 2 is 1.88 bits per heavy atom. The molecule has 0 aromatic heterocycles. The summed E-state index contributed by atoms with van der Waals surface area (Å²) in [5.74, 6) is -1.06. The number of carbonyl (C=O) groups is 3. The van der Waals surface area contributed by atoms with Crippen LogP contribution in [0.1, 0.15) is 26.3 Å². The van der Waals surface area contributed by atoms with Crippen LogP contribution in [0, 0.1) is 6.92 Å². The van der Waals surface area contributed by atoms with Gasteiger partial charge in [0.1, 0.15) is 5.75 Å². The van der Waals surface area contributed by atoms with E-state index in [2.05, 4.69) is 10.6 Å². The largest absolute Gasteiger partial charge is 0.483 e. The Balaban J connectivity index is 2.03. The third-order valence-corrected chi connectivity index (χ3v) is 3.40. The van der Waals surface area contributed by atoms with E-state index in [0.717, 1.165) is 5.56 Å². The predicted molar refractivity (Wildman–Crippen MR) is 93.7 cm³/mol. The van der Waals surface area contributed by atoms with Crippen molar-refractivity contribution < 1.29 is 19.1 Å². The van der Waals surface area contributed by atoms with Crippen molar-refractivity contribution in [3.63, 3.8) is 0 Å². The average molecular weight is 341 g/mol. The molecule has 4 N–H and O–H groups in total. The monoisotopic (exact) mass is 341 g/mol. The van der Waals surface area contributed by atoms with Gasteiger partial charge in [-0.2, -0.15) is 0 Å². The van der Waals surface area contributed by atoms with E-state index in [4.69, 9.17) is 10.5 Å². The minimum Gasteiger partial charge on any atom is -0.483 e. The van der Waals surface area contributed by atoms with Crippen molar-refractivity contribution in [3.05, 3.63) is 59.2 Å². The molecule has 0 saturated carbocycles. The Bertz CT molecular complexity index is 818. The van der Waals surface area contributed by atoms with E-state index in [1.165, 1.54) is 7.05 Å². The second-order valence-corrected chi connectivity index (χ2v) is 5.36. The van der Waals surface area contributed by atoms with Gasteiger partial charge in [-0.15, -0.1) is 0 Å². The molecule has 0 atom stereocenters. The summed E-state index contributed by atoms with van der Waals surface area (Å²) >= 11 is 0. The Labute approximate surface area is 145 Å². The summed E-state index contributed by atoms with van der Waals surface area (Å²) in [6, 6.07) is 11.4. The van der Waals surface area contributed by atoms with Crippen molar-refractivity contribution in [1.29, 1.82) is 0 Å². The summed E-state index contributed by atoms with van der Waals surface area (Å²) in [5, 5.41) is 5.15. The first kappa shape index (κ1) is 18.0. The van der Waals surface area contributed by atoms with E-state index in [9.17, 15) is 14.4 Å². The molecule has 0 unspecified atom stereocenters. The molecule has 0 aliphatic carbocycles. The number of benzene rings is 2. The summed E-state index contributed by atoms with van der Waals surface area (Å²) in [5.41, 5.74) is 7.27. The van der Waals surface area contributed by atoms with Crippen LogP contribution in [0.15, 0.2) is 42.5 Å². The number of hydrogen-bond donors (Lipinski definition) is 3. The SMILES string of the molecule is CNC(=O)c1cccc(NC(=O)COc2cc(C)ccc2C(N)=O)c1. The van der Waals surface area contributed by atoms with E-state index in [-0.39, 0.29) is 23.8 Å². The fourth-order valence-corrected chi connectivity index (χ4v) is 2.18. The third-order valence-electron chi connectivity index (χ3n) is 3.40. The van der Waals surface area contributed by atoms with Gasteiger partial charge in [-0.1, -0.05) is 12.1 Å². The number of aryl methyl sites for hydroxylation is 1. The molecule has 0 aliphatic rings. The molecule has 2 aromatic rings. The number of nitrogens with two attached hydrogens (primary N) is 1. The van der Waals surface area contributed by atoms with Gasteiger partial charge in [-0.05, 0) is 42.8 Å². The topological polar surface area (TPSA) is 111 Å². The van der Waals surface area contributed by atoms with Gasteiger partial charge in [-0.25, -0.2) is 0 Å². The Morgan fingerprint density at radius 1 is 1.12 bits per heavy atom. The van der Waals surface area contributed by atoms with Crippen LogP contribution in [0.4, 0.5) is 5.69 Å². The van der Waals surface area contributed by atoms with Gasteiger partial charge in [0.2, 0.25) is 0 Å². The zero-order valence-corrected chi connectivity index (χ0v) is 14.0. The van der Waals surface area contributed by atoms with Crippen LogP contribution in [0.3, 0.4) is 0 Å². The molecule has 0 bridgehead atoms. The van der Waals surface area contributed by atoms with Gasteiger partial charge in [0.15, 0.2) is 6.61 Å². The molecule has 0 aliphatic heterocycles. The minimum absolute atomic E-state index is 0.208. The first-order valence-corrected chi connectivity index (χ1v) is 7.56. The summed E-state index contributed by atoms with van der Waals surface area (Å²) in [4.78, 5) is 35.1. The molecule has 2 rings (SSSR count). The molecule has 2 aromatic carbocycles. The number of primary amides is 1. The zero-order chi connectivity index (χ0) is 18.4. The third kappa shape index (κ3) is 4.81. The first-order chi connectivity index (χ1) is 11.9. The van der Waals surface area contributed by atoms with Crippen LogP contribution < -0.4 is 21.1 Å². The molecule has 3 amide bonds. The fraction of sp³-hybridized carbons (Fsp3) is 0.167. The van der Waals surface area contributed by atoms with Gasteiger partial charge < -0.3 is 21.1 Å². The lowest BCUT2D eigenvalue weighted by Gasteiger charge is -2.11. The molecule has 0 radical (unpaired) electrons. The van der Waals surface area contributed by atoms with Crippen LogP contribution >= 0.6 is 0 Å². The minimum atomic E-state index is -0.631. The second-order valence-electron chi connectivity index (χ2n) is 5.36. The van der Waals surface area contributed by atoms with Crippen LogP contribution in [0.5, 0.6) is 5.75 Å². The molecule has 0 fully saturated rings. The lowest BCUT2D eigenvalue weighted by atomic mass is 10.1. The first-order valence-electron chi connectivity index (χ1n) is 7.56. The highest BCUT2D eigenvalue weighted by Gasteiger charge is 2.12. The summed E-state index contributed by atoms with van der Waals surface area (Å²) < 4.78 is 5.42. The quantitative estimate of drug-likeness (QED) is 0.739. The van der Waals surface area contributed by atoms with E-state index < -0.39 is 11.8 Å². The van der Waals surface area contributed by atoms with Crippen LogP contribution in [0.2, 0.25) is 0 Å². The Hall–Kier alpha value is -3.35. The maximum atomic E-state index is 12.0. The van der Waals surface area contributed by atoms with E-state index in [0.29, 0.717) is 11.3 Å². The summed E-state index contributed by atoms with van der Waals surface area (Å²) in [7, 11) is 1.53. The molecule has 0 spiro atoms. The van der Waals surface area contributed by atoms with E-state index in [1.807, 2.05) is 6.92 Å². The normalized spacial score (nSPS) is 10.0. The van der Waals surface area contributed by atoms with Gasteiger partial charge in [0.05, 0.1) is 5.56 Å². The lowest BCUT2D eigenvalue weighted by molar-refractivity contribution is -0.118. The molecular formula is C18H19N3O4. The highest BCUT2D eigenvalue weighted by atomic mass is 16.5. The van der Waals surface area contributed by atoms with Gasteiger partial charge in [-0.3, -0.25) is 14.4 Å². The number of nitrogens with one attached hydrogen (secondary N) is 2. The maximum Gasteiger partial charge on any atom is 0.262 e. The second kappa shape index (κ2) is 7.96. The lowest BCUT2D eigenvalue weighted by Crippen LogP contribution is -2.22. The molecular weight excluding hydrogens is 322 g/mol. The van der Waals surface area contributed by atoms with Crippen molar-refractivity contribution in [2.24, 2.45) is 5.73 Å². The highest BCUT2D eigenvalue weighted by Crippen LogP contribution is 2.20. The molecule has 0 saturated heterocycles. The molecule has 7 nitrogen and oxygen atoms in total. The average Bonchev–Trinajstić information content (AvgIpc) is 2.59. The van der Waals surface area contributed by atoms with Crippen molar-refractivity contribution in [3.8, 4) is 5.75 Å². The van der Waals surface area contributed by atoms with Crippen molar-refractivity contribution in [1.82, 2.24) is 5.32 Å². The molecule has 25 heavy (non-hydrogen) atoms. The maximum absolute atomic E-state index is 12.0. The summed E-state index contributed by atoms with van der Waals surface area (Å²) in [6.45, 7) is 1.54.